The van der Waals surface area contributed by atoms with Crippen LogP contribution in [0.5, 0.6) is 0 Å². The monoisotopic (exact) mass is 384 g/mol. The molecule has 0 unspecified atom stereocenters. The van der Waals surface area contributed by atoms with Gasteiger partial charge < -0.3 is 0 Å². The molecule has 0 radical (unpaired) electrons. The zero-order chi connectivity index (χ0) is 13.8. The molecule has 1 amide bonds. The van der Waals surface area contributed by atoms with Gasteiger partial charge in [0.2, 0.25) is 0 Å². The highest BCUT2D eigenvalue weighted by Gasteiger charge is 2.13. The number of carbonyl (C=O) groups is 1. The van der Waals surface area contributed by atoms with Crippen LogP contribution in [0.2, 0.25) is 0 Å². The second-order valence-corrected chi connectivity index (χ2v) is 5.52. The highest BCUT2D eigenvalue weighted by Crippen LogP contribution is 2.13. The summed E-state index contributed by atoms with van der Waals surface area (Å²) in [7, 11) is 1.74. The molecule has 0 aliphatic carbocycles. The third kappa shape index (κ3) is 3.74. The number of aromatic nitrogens is 2. The SMILES string of the molecule is Cn1cc(Br)c(C(=O)N/N=C\c2cccc(Br)c2)n1. The predicted molar refractivity (Wildman–Crippen MR) is 80.1 cm³/mol. The fourth-order valence-electron chi connectivity index (χ4n) is 1.42. The normalized spacial score (nSPS) is 10.9. The molecule has 2 rings (SSSR count). The molecule has 1 aromatic carbocycles. The van der Waals surface area contributed by atoms with Crippen LogP contribution in [0, 0.1) is 0 Å². The van der Waals surface area contributed by atoms with Gasteiger partial charge in [-0.05, 0) is 33.6 Å². The number of hydrogen-bond donors (Lipinski definition) is 1. The number of nitrogens with zero attached hydrogens (tertiary/aromatic N) is 3. The number of hydrogen-bond acceptors (Lipinski definition) is 3. The predicted octanol–water partition coefficient (Wildman–Crippen LogP) is 2.71. The summed E-state index contributed by atoms with van der Waals surface area (Å²) >= 11 is 6.63. The van der Waals surface area contributed by atoms with Crippen LogP contribution in [-0.4, -0.2) is 21.9 Å². The number of carbonyl (C=O) groups excluding carboxylic acids is 1. The Bertz CT molecular complexity index is 636. The van der Waals surface area contributed by atoms with E-state index in [1.54, 1.807) is 24.1 Å². The Labute approximate surface area is 127 Å². The number of nitrogens with one attached hydrogen (secondary N) is 1. The van der Waals surface area contributed by atoms with Gasteiger partial charge in [0, 0.05) is 17.7 Å². The van der Waals surface area contributed by atoms with Gasteiger partial charge in [0.15, 0.2) is 5.69 Å². The van der Waals surface area contributed by atoms with Crippen molar-refractivity contribution in [2.45, 2.75) is 0 Å². The Morgan fingerprint density at radius 2 is 2.26 bits per heavy atom. The molecule has 1 aromatic heterocycles. The molecule has 7 heteroatoms. The number of hydrazone groups is 1. The van der Waals surface area contributed by atoms with Crippen molar-refractivity contribution in [3.05, 3.63) is 50.7 Å². The number of amides is 1. The summed E-state index contributed by atoms with van der Waals surface area (Å²) in [5.74, 6) is -0.362. The van der Waals surface area contributed by atoms with Crippen molar-refractivity contribution in [2.24, 2.45) is 12.1 Å². The lowest BCUT2D eigenvalue weighted by Gasteiger charge is -1.97. The number of rotatable bonds is 3. The smallest absolute Gasteiger partial charge is 0.274 e. The molecule has 5 nitrogen and oxygen atoms in total. The van der Waals surface area contributed by atoms with Crippen molar-refractivity contribution in [1.82, 2.24) is 15.2 Å². The maximum absolute atomic E-state index is 11.8. The van der Waals surface area contributed by atoms with Crippen LogP contribution in [0.1, 0.15) is 16.1 Å². The molecule has 1 heterocycles. The van der Waals surface area contributed by atoms with Crippen LogP contribution in [0.15, 0.2) is 44.5 Å². The van der Waals surface area contributed by atoms with Gasteiger partial charge in [0.1, 0.15) is 0 Å². The van der Waals surface area contributed by atoms with E-state index in [1.165, 1.54) is 0 Å². The van der Waals surface area contributed by atoms with E-state index in [4.69, 9.17) is 0 Å². The second kappa shape index (κ2) is 6.12. The van der Waals surface area contributed by atoms with E-state index in [-0.39, 0.29) is 5.91 Å². The summed E-state index contributed by atoms with van der Waals surface area (Å²) in [6.45, 7) is 0. The fourth-order valence-corrected chi connectivity index (χ4v) is 2.39. The van der Waals surface area contributed by atoms with Gasteiger partial charge in [-0.15, -0.1) is 0 Å². The molecule has 19 heavy (non-hydrogen) atoms. The maximum Gasteiger partial charge on any atom is 0.293 e. The van der Waals surface area contributed by atoms with Crippen molar-refractivity contribution in [1.29, 1.82) is 0 Å². The lowest BCUT2D eigenvalue weighted by Crippen LogP contribution is -2.18. The Morgan fingerprint density at radius 1 is 1.47 bits per heavy atom. The number of aryl methyl sites for hydroxylation is 1. The lowest BCUT2D eigenvalue weighted by atomic mass is 10.2. The van der Waals surface area contributed by atoms with Gasteiger partial charge in [-0.1, -0.05) is 28.1 Å². The van der Waals surface area contributed by atoms with Gasteiger partial charge in [-0.2, -0.15) is 10.2 Å². The first-order chi connectivity index (χ1) is 9.06. The summed E-state index contributed by atoms with van der Waals surface area (Å²) in [6, 6.07) is 7.59. The average molecular weight is 386 g/mol. The van der Waals surface area contributed by atoms with E-state index in [0.717, 1.165) is 10.0 Å². The summed E-state index contributed by atoms with van der Waals surface area (Å²) in [5, 5.41) is 7.92. The van der Waals surface area contributed by atoms with Crippen molar-refractivity contribution < 1.29 is 4.79 Å². The molecular formula is C12H10Br2N4O. The van der Waals surface area contributed by atoms with E-state index in [1.807, 2.05) is 24.3 Å². The zero-order valence-corrected chi connectivity index (χ0v) is 13.1. The van der Waals surface area contributed by atoms with Crippen LogP contribution in [0.3, 0.4) is 0 Å². The topological polar surface area (TPSA) is 59.3 Å². The molecule has 0 aliphatic rings. The Morgan fingerprint density at radius 3 is 2.89 bits per heavy atom. The minimum atomic E-state index is -0.362. The largest absolute Gasteiger partial charge is 0.293 e. The van der Waals surface area contributed by atoms with Crippen molar-refractivity contribution in [3.8, 4) is 0 Å². The number of halogens is 2. The van der Waals surface area contributed by atoms with Gasteiger partial charge in [-0.3, -0.25) is 9.48 Å². The van der Waals surface area contributed by atoms with E-state index in [9.17, 15) is 4.79 Å². The van der Waals surface area contributed by atoms with E-state index in [0.29, 0.717) is 10.2 Å². The van der Waals surface area contributed by atoms with Crippen LogP contribution in [0.4, 0.5) is 0 Å². The molecule has 98 valence electrons. The molecule has 2 aromatic rings. The summed E-state index contributed by atoms with van der Waals surface area (Å²) < 4.78 is 3.14. The molecule has 0 saturated heterocycles. The lowest BCUT2D eigenvalue weighted by molar-refractivity contribution is 0.0948. The van der Waals surface area contributed by atoms with E-state index >= 15 is 0 Å². The zero-order valence-electron chi connectivity index (χ0n) is 9.97. The van der Waals surface area contributed by atoms with Gasteiger partial charge >= 0.3 is 0 Å². The molecule has 0 spiro atoms. The van der Waals surface area contributed by atoms with Gasteiger partial charge in [0.25, 0.3) is 5.91 Å². The van der Waals surface area contributed by atoms with Crippen molar-refractivity contribution in [3.63, 3.8) is 0 Å². The van der Waals surface area contributed by atoms with Gasteiger partial charge in [-0.25, -0.2) is 5.43 Å². The first-order valence-electron chi connectivity index (χ1n) is 5.34. The molecule has 0 aliphatic heterocycles. The summed E-state index contributed by atoms with van der Waals surface area (Å²) in [5.41, 5.74) is 3.61. The Hall–Kier alpha value is -1.47. The molecule has 1 N–H and O–H groups in total. The van der Waals surface area contributed by atoms with E-state index in [2.05, 4.69) is 47.5 Å². The summed E-state index contributed by atoms with van der Waals surface area (Å²) in [6.07, 6.45) is 3.27. The maximum atomic E-state index is 11.8. The van der Waals surface area contributed by atoms with Crippen molar-refractivity contribution in [2.75, 3.05) is 0 Å². The Kier molecular flexibility index (Phi) is 4.49. The first kappa shape index (κ1) is 14.0. The first-order valence-corrected chi connectivity index (χ1v) is 6.93. The second-order valence-electron chi connectivity index (χ2n) is 3.75. The molecule has 0 bridgehead atoms. The van der Waals surface area contributed by atoms with Crippen molar-refractivity contribution >= 4 is 44.0 Å². The van der Waals surface area contributed by atoms with E-state index < -0.39 is 0 Å². The minimum Gasteiger partial charge on any atom is -0.274 e. The third-order valence-electron chi connectivity index (χ3n) is 2.23. The standard InChI is InChI=1S/C12H10Br2N4O/c1-18-7-10(14)11(17-18)12(19)16-15-6-8-3-2-4-9(13)5-8/h2-7H,1H3,(H,16,19)/b15-6-. The highest BCUT2D eigenvalue weighted by molar-refractivity contribution is 9.10. The summed E-state index contributed by atoms with van der Waals surface area (Å²) in [4.78, 5) is 11.8. The van der Waals surface area contributed by atoms with Crippen LogP contribution in [0.25, 0.3) is 0 Å². The third-order valence-corrected chi connectivity index (χ3v) is 3.30. The molecular weight excluding hydrogens is 376 g/mol. The quantitative estimate of drug-likeness (QED) is 0.652. The Balaban J connectivity index is 2.03. The van der Waals surface area contributed by atoms with Crippen LogP contribution >= 0.6 is 31.9 Å². The average Bonchev–Trinajstić information content (AvgIpc) is 2.68. The number of benzene rings is 1. The molecule has 0 atom stereocenters. The highest BCUT2D eigenvalue weighted by atomic mass is 79.9. The molecule has 0 fully saturated rings. The minimum absolute atomic E-state index is 0.300. The van der Waals surface area contributed by atoms with Gasteiger partial charge in [0.05, 0.1) is 10.7 Å². The van der Waals surface area contributed by atoms with Crippen LogP contribution in [-0.2, 0) is 7.05 Å². The fraction of sp³-hybridized carbons (Fsp3) is 0.0833. The molecule has 0 saturated carbocycles. The van der Waals surface area contributed by atoms with Crippen LogP contribution < -0.4 is 5.43 Å².